The van der Waals surface area contributed by atoms with Crippen molar-refractivity contribution in [3.05, 3.63) is 29.8 Å². The van der Waals surface area contributed by atoms with Crippen LogP contribution in [-0.4, -0.2) is 19.3 Å². The molecule has 3 heteroatoms. The fourth-order valence-corrected chi connectivity index (χ4v) is 1.80. The van der Waals surface area contributed by atoms with Gasteiger partial charge in [-0.3, -0.25) is 10.3 Å². The maximum atomic E-state index is 5.64. The van der Waals surface area contributed by atoms with Crippen LogP contribution in [0.25, 0.3) is 0 Å². The number of ether oxygens (including phenoxy) is 1. The Hall–Kier alpha value is -1.06. The second-order valence-corrected chi connectivity index (χ2v) is 4.09. The first-order valence-corrected chi connectivity index (χ1v) is 5.97. The van der Waals surface area contributed by atoms with E-state index >= 15 is 0 Å². The number of hydrogen-bond acceptors (Lipinski definition) is 3. The van der Waals surface area contributed by atoms with E-state index in [2.05, 4.69) is 30.6 Å². The number of anilines is 1. The average Bonchev–Trinajstić information content (AvgIpc) is 2.38. The van der Waals surface area contributed by atoms with Crippen molar-refractivity contribution in [2.75, 3.05) is 18.7 Å². The molecule has 0 atom stereocenters. The Bertz CT molecular complexity index is 321. The van der Waals surface area contributed by atoms with Gasteiger partial charge in [0.25, 0.3) is 0 Å². The topological polar surface area (TPSA) is 30.5 Å². The lowest BCUT2D eigenvalue weighted by Gasteiger charge is -2.22. The minimum absolute atomic E-state index is 0.277. The highest BCUT2D eigenvalue weighted by atomic mass is 16.7. The zero-order chi connectivity index (χ0) is 11.2. The zero-order valence-electron chi connectivity index (χ0n) is 9.74. The third-order valence-electron chi connectivity index (χ3n) is 2.85. The van der Waals surface area contributed by atoms with Gasteiger partial charge < -0.3 is 4.74 Å². The van der Waals surface area contributed by atoms with Gasteiger partial charge in [0.05, 0.1) is 11.8 Å². The van der Waals surface area contributed by atoms with E-state index in [1.165, 1.54) is 5.56 Å². The first kappa shape index (κ1) is 11.4. The van der Waals surface area contributed by atoms with Gasteiger partial charge in [0.15, 0.2) is 0 Å². The Morgan fingerprint density at radius 1 is 1.38 bits per heavy atom. The van der Waals surface area contributed by atoms with Crippen LogP contribution < -0.4 is 5.48 Å². The fourth-order valence-electron chi connectivity index (χ4n) is 1.80. The summed E-state index contributed by atoms with van der Waals surface area (Å²) in [4.78, 5) is 5.64. The Morgan fingerprint density at radius 2 is 2.19 bits per heavy atom. The maximum Gasteiger partial charge on any atom is 0.0897 e. The van der Waals surface area contributed by atoms with Crippen molar-refractivity contribution in [3.8, 4) is 0 Å². The van der Waals surface area contributed by atoms with Crippen LogP contribution >= 0.6 is 0 Å². The number of aryl methyl sites for hydroxylation is 1. The molecule has 1 N–H and O–H groups in total. The van der Waals surface area contributed by atoms with Crippen molar-refractivity contribution in [1.29, 1.82) is 0 Å². The third-order valence-corrected chi connectivity index (χ3v) is 2.85. The molecule has 0 amide bonds. The predicted molar refractivity (Wildman–Crippen MR) is 64.4 cm³/mol. The van der Waals surface area contributed by atoms with E-state index in [1.807, 2.05) is 6.07 Å². The summed E-state index contributed by atoms with van der Waals surface area (Å²) in [5, 5.41) is 0. The highest BCUT2D eigenvalue weighted by molar-refractivity contribution is 5.43. The molecule has 0 radical (unpaired) electrons. The highest BCUT2D eigenvalue weighted by Gasteiger charge is 2.14. The van der Waals surface area contributed by atoms with Gasteiger partial charge in [-0.15, -0.1) is 0 Å². The van der Waals surface area contributed by atoms with Gasteiger partial charge in [-0.25, -0.2) is 0 Å². The minimum atomic E-state index is 0.277. The standard InChI is InChI=1S/C13H19NO2/c1-2-11-4-3-5-12(10-11)14-16-13-6-8-15-9-7-13/h3-5,10,13-14H,2,6-9H2,1H3. The van der Waals surface area contributed by atoms with Crippen LogP contribution in [0.4, 0.5) is 5.69 Å². The van der Waals surface area contributed by atoms with Crippen LogP contribution in [0.15, 0.2) is 24.3 Å². The maximum absolute atomic E-state index is 5.64. The predicted octanol–water partition coefficient (Wildman–Crippen LogP) is 2.77. The summed E-state index contributed by atoms with van der Waals surface area (Å²) in [7, 11) is 0. The van der Waals surface area contributed by atoms with Crippen molar-refractivity contribution in [1.82, 2.24) is 0 Å². The van der Waals surface area contributed by atoms with Crippen LogP contribution in [0.3, 0.4) is 0 Å². The molecule has 0 unspecified atom stereocenters. The van der Waals surface area contributed by atoms with Crippen LogP contribution in [0, 0.1) is 0 Å². The third kappa shape index (κ3) is 3.22. The smallest absolute Gasteiger partial charge is 0.0897 e. The molecule has 1 heterocycles. The number of rotatable bonds is 4. The fraction of sp³-hybridized carbons (Fsp3) is 0.538. The highest BCUT2D eigenvalue weighted by Crippen LogP contribution is 2.15. The second kappa shape index (κ2) is 5.87. The van der Waals surface area contributed by atoms with Crippen molar-refractivity contribution in [2.45, 2.75) is 32.3 Å². The zero-order valence-corrected chi connectivity index (χ0v) is 9.74. The molecule has 1 aromatic rings. The summed E-state index contributed by atoms with van der Waals surface area (Å²) in [6.07, 6.45) is 3.27. The van der Waals surface area contributed by atoms with Gasteiger partial charge in [-0.1, -0.05) is 19.1 Å². The van der Waals surface area contributed by atoms with Crippen LogP contribution in [-0.2, 0) is 16.0 Å². The summed E-state index contributed by atoms with van der Waals surface area (Å²) in [5.41, 5.74) is 5.39. The van der Waals surface area contributed by atoms with Crippen molar-refractivity contribution < 1.29 is 9.57 Å². The van der Waals surface area contributed by atoms with Crippen LogP contribution in [0.2, 0.25) is 0 Å². The molecule has 1 fully saturated rings. The number of nitrogens with one attached hydrogen (secondary N) is 1. The Labute approximate surface area is 96.7 Å². The summed E-state index contributed by atoms with van der Waals surface area (Å²) in [6.45, 7) is 3.77. The van der Waals surface area contributed by atoms with Gasteiger partial charge in [-0.2, -0.15) is 0 Å². The first-order chi connectivity index (χ1) is 7.88. The molecule has 0 aliphatic carbocycles. The lowest BCUT2D eigenvalue weighted by atomic mass is 10.1. The molecule has 3 nitrogen and oxygen atoms in total. The van der Waals surface area contributed by atoms with E-state index < -0.39 is 0 Å². The monoisotopic (exact) mass is 221 g/mol. The van der Waals surface area contributed by atoms with E-state index in [4.69, 9.17) is 9.57 Å². The molecule has 1 aliphatic rings. The van der Waals surface area contributed by atoms with E-state index in [1.54, 1.807) is 0 Å². The first-order valence-electron chi connectivity index (χ1n) is 5.97. The molecule has 0 spiro atoms. The Morgan fingerprint density at radius 3 is 2.94 bits per heavy atom. The molecule has 0 aromatic heterocycles. The molecular weight excluding hydrogens is 202 g/mol. The molecule has 1 aliphatic heterocycles. The van der Waals surface area contributed by atoms with Crippen LogP contribution in [0.5, 0.6) is 0 Å². The summed E-state index contributed by atoms with van der Waals surface area (Å²) >= 11 is 0. The SMILES string of the molecule is CCc1cccc(NOC2CCOCC2)c1. The van der Waals surface area contributed by atoms with E-state index in [0.717, 1.165) is 38.2 Å². The summed E-state index contributed by atoms with van der Waals surface area (Å²) < 4.78 is 5.28. The van der Waals surface area contributed by atoms with Crippen molar-refractivity contribution in [3.63, 3.8) is 0 Å². The summed E-state index contributed by atoms with van der Waals surface area (Å²) in [5.74, 6) is 0. The van der Waals surface area contributed by atoms with E-state index in [0.29, 0.717) is 0 Å². The van der Waals surface area contributed by atoms with Crippen LogP contribution in [0.1, 0.15) is 25.3 Å². The van der Waals surface area contributed by atoms with Crippen molar-refractivity contribution >= 4 is 5.69 Å². The van der Waals surface area contributed by atoms with E-state index in [9.17, 15) is 0 Å². The molecule has 0 saturated carbocycles. The minimum Gasteiger partial charge on any atom is -0.381 e. The molecule has 16 heavy (non-hydrogen) atoms. The van der Waals surface area contributed by atoms with Gasteiger partial charge in [0, 0.05) is 13.2 Å². The van der Waals surface area contributed by atoms with Gasteiger partial charge in [-0.05, 0) is 37.0 Å². The van der Waals surface area contributed by atoms with Gasteiger partial charge in [0.2, 0.25) is 0 Å². The molecule has 1 saturated heterocycles. The van der Waals surface area contributed by atoms with Gasteiger partial charge in [0.1, 0.15) is 0 Å². The quantitative estimate of drug-likeness (QED) is 0.793. The second-order valence-electron chi connectivity index (χ2n) is 4.09. The molecular formula is C13H19NO2. The number of hydrogen-bond donors (Lipinski definition) is 1. The molecule has 88 valence electrons. The lowest BCUT2D eigenvalue weighted by Crippen LogP contribution is -2.25. The molecule has 0 bridgehead atoms. The van der Waals surface area contributed by atoms with Crippen molar-refractivity contribution in [2.24, 2.45) is 0 Å². The normalized spacial score (nSPS) is 17.3. The average molecular weight is 221 g/mol. The largest absolute Gasteiger partial charge is 0.381 e. The lowest BCUT2D eigenvalue weighted by molar-refractivity contribution is -0.0109. The molecule has 1 aromatic carbocycles. The Kier molecular flexibility index (Phi) is 4.19. The number of benzene rings is 1. The van der Waals surface area contributed by atoms with Gasteiger partial charge >= 0.3 is 0 Å². The van der Waals surface area contributed by atoms with E-state index in [-0.39, 0.29) is 6.10 Å². The molecule has 2 rings (SSSR count). The summed E-state index contributed by atoms with van der Waals surface area (Å²) in [6, 6.07) is 8.33. The Balaban J connectivity index is 1.83.